The predicted octanol–water partition coefficient (Wildman–Crippen LogP) is 6.83. The topological polar surface area (TPSA) is 123 Å². The molecule has 0 unspecified atom stereocenters. The number of sulfonamides is 1. The second-order valence-electron chi connectivity index (χ2n) is 8.49. The van der Waals surface area contributed by atoms with Crippen LogP contribution in [-0.4, -0.2) is 33.1 Å². The number of esters is 1. The van der Waals surface area contributed by atoms with Crippen molar-refractivity contribution in [3.05, 3.63) is 117 Å². The highest BCUT2D eigenvalue weighted by Gasteiger charge is 2.17. The summed E-state index contributed by atoms with van der Waals surface area (Å²) in [6.07, 6.45) is 1.39. The maximum Gasteiger partial charge on any atom is 0.345 e. The van der Waals surface area contributed by atoms with Crippen LogP contribution >= 0.6 is 34.8 Å². The standard InChI is InChI=1S/C29H22Cl3N3O6S/c1-2-40-27-15-18(3-14-26(27)41-29(37)24-13-8-21(31)16-25(24)32)17-33-34-28(36)19-4-9-22(10-5-19)35-42(38,39)23-11-6-20(30)7-12-23/h3-17,35H,2H2,1H3,(H,34,36). The molecule has 0 aliphatic heterocycles. The van der Waals surface area contributed by atoms with Crippen molar-refractivity contribution in [2.45, 2.75) is 11.8 Å². The predicted molar refractivity (Wildman–Crippen MR) is 163 cm³/mol. The first-order valence-electron chi connectivity index (χ1n) is 12.2. The number of amides is 1. The number of nitrogens with zero attached hydrogens (tertiary/aromatic N) is 1. The summed E-state index contributed by atoms with van der Waals surface area (Å²) in [6.45, 7) is 2.08. The highest BCUT2D eigenvalue weighted by Crippen LogP contribution is 2.30. The van der Waals surface area contributed by atoms with E-state index in [0.717, 1.165) is 0 Å². The summed E-state index contributed by atoms with van der Waals surface area (Å²) < 4.78 is 38.6. The van der Waals surface area contributed by atoms with Crippen LogP contribution in [-0.2, 0) is 10.0 Å². The molecule has 0 aliphatic rings. The zero-order valence-corrected chi connectivity index (χ0v) is 24.9. The molecule has 42 heavy (non-hydrogen) atoms. The lowest BCUT2D eigenvalue weighted by atomic mass is 10.2. The molecule has 0 heterocycles. The summed E-state index contributed by atoms with van der Waals surface area (Å²) in [7, 11) is -3.82. The normalized spacial score (nSPS) is 11.2. The average Bonchev–Trinajstić information content (AvgIpc) is 2.95. The van der Waals surface area contributed by atoms with Crippen LogP contribution in [0.3, 0.4) is 0 Å². The third-order valence-corrected chi connectivity index (χ3v) is 7.72. The van der Waals surface area contributed by atoms with Crippen molar-refractivity contribution in [1.29, 1.82) is 0 Å². The molecule has 0 spiro atoms. The van der Waals surface area contributed by atoms with Gasteiger partial charge in [0.15, 0.2) is 11.5 Å². The lowest BCUT2D eigenvalue weighted by Gasteiger charge is -2.12. The molecule has 0 fully saturated rings. The van der Waals surface area contributed by atoms with E-state index in [0.29, 0.717) is 22.2 Å². The summed E-state index contributed by atoms with van der Waals surface area (Å²) in [6, 6.07) is 20.7. The summed E-state index contributed by atoms with van der Waals surface area (Å²) in [5, 5.41) is 4.92. The number of benzene rings is 4. The van der Waals surface area contributed by atoms with E-state index in [-0.39, 0.29) is 38.2 Å². The molecular formula is C29H22Cl3N3O6S. The SMILES string of the molecule is CCOc1cc(C=NNC(=O)c2ccc(NS(=O)(=O)c3ccc(Cl)cc3)cc2)ccc1OC(=O)c1ccc(Cl)cc1Cl. The third-order valence-electron chi connectivity index (χ3n) is 5.52. The smallest absolute Gasteiger partial charge is 0.345 e. The Morgan fingerprint density at radius 1 is 0.857 bits per heavy atom. The highest BCUT2D eigenvalue weighted by atomic mass is 35.5. The Morgan fingerprint density at radius 3 is 2.21 bits per heavy atom. The fraction of sp³-hybridized carbons (Fsp3) is 0.0690. The second-order valence-corrected chi connectivity index (χ2v) is 11.5. The van der Waals surface area contributed by atoms with Crippen LogP contribution in [0.2, 0.25) is 15.1 Å². The number of rotatable bonds is 10. The maximum absolute atomic E-state index is 12.6. The molecular weight excluding hydrogens is 625 g/mol. The van der Waals surface area contributed by atoms with Gasteiger partial charge >= 0.3 is 5.97 Å². The maximum atomic E-state index is 12.6. The van der Waals surface area contributed by atoms with Crippen LogP contribution in [0.25, 0.3) is 0 Å². The zero-order valence-electron chi connectivity index (χ0n) is 21.8. The van der Waals surface area contributed by atoms with Crippen LogP contribution < -0.4 is 19.6 Å². The molecule has 0 aliphatic carbocycles. The molecule has 216 valence electrons. The summed E-state index contributed by atoms with van der Waals surface area (Å²) >= 11 is 17.8. The number of anilines is 1. The van der Waals surface area contributed by atoms with Gasteiger partial charge < -0.3 is 9.47 Å². The summed E-state index contributed by atoms with van der Waals surface area (Å²) in [4.78, 5) is 25.2. The Hall–Kier alpha value is -4.09. The van der Waals surface area contributed by atoms with Crippen LogP contribution in [0.5, 0.6) is 11.5 Å². The van der Waals surface area contributed by atoms with Crippen molar-refractivity contribution in [3.63, 3.8) is 0 Å². The fourth-order valence-corrected chi connectivity index (χ4v) is 5.19. The van der Waals surface area contributed by atoms with Crippen molar-refractivity contribution >= 4 is 68.6 Å². The first-order chi connectivity index (χ1) is 20.1. The van der Waals surface area contributed by atoms with Gasteiger partial charge in [-0.15, -0.1) is 0 Å². The highest BCUT2D eigenvalue weighted by molar-refractivity contribution is 7.92. The number of ether oxygens (including phenoxy) is 2. The van der Waals surface area contributed by atoms with Crippen molar-refractivity contribution < 1.29 is 27.5 Å². The molecule has 13 heteroatoms. The number of hydrazone groups is 1. The van der Waals surface area contributed by atoms with Crippen molar-refractivity contribution in [2.24, 2.45) is 5.10 Å². The van der Waals surface area contributed by atoms with E-state index >= 15 is 0 Å². The van der Waals surface area contributed by atoms with E-state index in [1.807, 2.05) is 0 Å². The summed E-state index contributed by atoms with van der Waals surface area (Å²) in [5.74, 6) is -0.757. The van der Waals surface area contributed by atoms with Crippen LogP contribution in [0.4, 0.5) is 5.69 Å². The quantitative estimate of drug-likeness (QED) is 0.0843. The first kappa shape index (κ1) is 30.9. The lowest BCUT2D eigenvalue weighted by Crippen LogP contribution is -2.18. The zero-order chi connectivity index (χ0) is 30.3. The molecule has 0 bridgehead atoms. The van der Waals surface area contributed by atoms with Gasteiger partial charge in [-0.05, 0) is 97.4 Å². The Labute approximate surface area is 257 Å². The fourth-order valence-electron chi connectivity index (χ4n) is 3.51. The van der Waals surface area contributed by atoms with Gasteiger partial charge in [0.25, 0.3) is 15.9 Å². The molecule has 4 aromatic rings. The van der Waals surface area contributed by atoms with Gasteiger partial charge in [-0.1, -0.05) is 34.8 Å². The molecule has 0 saturated carbocycles. The van der Waals surface area contributed by atoms with E-state index in [1.165, 1.54) is 79.0 Å². The molecule has 4 rings (SSSR count). The van der Waals surface area contributed by atoms with Crippen LogP contribution in [0.15, 0.2) is 94.9 Å². The van der Waals surface area contributed by atoms with Crippen molar-refractivity contribution in [1.82, 2.24) is 5.43 Å². The molecule has 0 saturated heterocycles. The summed E-state index contributed by atoms with van der Waals surface area (Å²) in [5.41, 5.74) is 3.62. The number of nitrogens with one attached hydrogen (secondary N) is 2. The van der Waals surface area contributed by atoms with Crippen LogP contribution in [0, 0.1) is 0 Å². The van der Waals surface area contributed by atoms with Crippen molar-refractivity contribution in [2.75, 3.05) is 11.3 Å². The molecule has 1 amide bonds. The van der Waals surface area contributed by atoms with Gasteiger partial charge in [-0.25, -0.2) is 18.6 Å². The molecule has 9 nitrogen and oxygen atoms in total. The van der Waals surface area contributed by atoms with Gasteiger partial charge in [0.05, 0.1) is 28.3 Å². The molecule has 2 N–H and O–H groups in total. The average molecular weight is 647 g/mol. The Kier molecular flexibility index (Phi) is 10.1. The second kappa shape index (κ2) is 13.7. The molecule has 0 atom stereocenters. The number of carbonyl (C=O) groups is 2. The number of hydrogen-bond acceptors (Lipinski definition) is 7. The largest absolute Gasteiger partial charge is 0.490 e. The van der Waals surface area contributed by atoms with E-state index in [1.54, 1.807) is 19.1 Å². The van der Waals surface area contributed by atoms with Gasteiger partial charge in [-0.2, -0.15) is 5.10 Å². The number of halogens is 3. The van der Waals surface area contributed by atoms with Gasteiger partial charge in [-0.3, -0.25) is 9.52 Å². The Bertz CT molecular complexity index is 1750. The minimum absolute atomic E-state index is 0.0488. The van der Waals surface area contributed by atoms with E-state index in [4.69, 9.17) is 44.3 Å². The Morgan fingerprint density at radius 2 is 1.55 bits per heavy atom. The van der Waals surface area contributed by atoms with Gasteiger partial charge in [0, 0.05) is 21.3 Å². The van der Waals surface area contributed by atoms with Crippen molar-refractivity contribution in [3.8, 4) is 11.5 Å². The van der Waals surface area contributed by atoms with E-state index in [2.05, 4.69) is 15.2 Å². The van der Waals surface area contributed by atoms with E-state index < -0.39 is 21.9 Å². The van der Waals surface area contributed by atoms with E-state index in [9.17, 15) is 18.0 Å². The monoisotopic (exact) mass is 645 g/mol. The minimum Gasteiger partial charge on any atom is -0.490 e. The van der Waals surface area contributed by atoms with Gasteiger partial charge in [0.1, 0.15) is 0 Å². The van der Waals surface area contributed by atoms with Crippen LogP contribution in [0.1, 0.15) is 33.2 Å². The number of hydrogen-bond donors (Lipinski definition) is 2. The minimum atomic E-state index is -3.82. The first-order valence-corrected chi connectivity index (χ1v) is 14.8. The molecule has 4 aromatic carbocycles. The molecule has 0 aromatic heterocycles. The lowest BCUT2D eigenvalue weighted by molar-refractivity contribution is 0.0728. The van der Waals surface area contributed by atoms with Gasteiger partial charge in [0.2, 0.25) is 0 Å². The molecule has 0 radical (unpaired) electrons. The Balaban J connectivity index is 1.38. The number of carbonyl (C=O) groups excluding carboxylic acids is 2. The third kappa shape index (κ3) is 8.01.